The molecular formula is C9H13NO5. The average Bonchev–Trinajstić information content (AvgIpc) is 2.70. The van der Waals surface area contributed by atoms with Crippen molar-refractivity contribution in [2.45, 2.75) is 44.2 Å². The SMILES string of the molecule is CC1(C)OC2/C(=N\O)C3COC(O3)C2O1. The van der Waals surface area contributed by atoms with Gasteiger partial charge in [-0.1, -0.05) is 5.16 Å². The van der Waals surface area contributed by atoms with Crippen molar-refractivity contribution in [2.75, 3.05) is 6.61 Å². The van der Waals surface area contributed by atoms with E-state index < -0.39 is 12.1 Å². The van der Waals surface area contributed by atoms with Crippen molar-refractivity contribution in [3.8, 4) is 0 Å². The van der Waals surface area contributed by atoms with Crippen LogP contribution < -0.4 is 0 Å². The van der Waals surface area contributed by atoms with Crippen molar-refractivity contribution in [3.63, 3.8) is 0 Å². The molecule has 3 heterocycles. The lowest BCUT2D eigenvalue weighted by atomic mass is 10.0. The predicted octanol–water partition coefficient (Wildman–Crippen LogP) is 0.0918. The maximum Gasteiger partial charge on any atom is 0.187 e. The molecule has 4 unspecified atom stereocenters. The van der Waals surface area contributed by atoms with Gasteiger partial charge in [0.15, 0.2) is 12.1 Å². The average molecular weight is 215 g/mol. The van der Waals surface area contributed by atoms with E-state index in [9.17, 15) is 0 Å². The highest BCUT2D eigenvalue weighted by molar-refractivity contribution is 5.94. The Bertz CT molecular complexity index is 316. The van der Waals surface area contributed by atoms with Crippen molar-refractivity contribution in [1.82, 2.24) is 0 Å². The van der Waals surface area contributed by atoms with E-state index in [4.69, 9.17) is 24.2 Å². The zero-order valence-electron chi connectivity index (χ0n) is 8.54. The fourth-order valence-electron chi connectivity index (χ4n) is 2.27. The minimum Gasteiger partial charge on any atom is -0.411 e. The number of rotatable bonds is 0. The second-order valence-electron chi connectivity index (χ2n) is 4.37. The number of oxime groups is 1. The number of hydrogen-bond donors (Lipinski definition) is 1. The van der Waals surface area contributed by atoms with E-state index in [-0.39, 0.29) is 18.3 Å². The molecule has 0 aromatic heterocycles. The van der Waals surface area contributed by atoms with Gasteiger partial charge in [-0.25, -0.2) is 0 Å². The van der Waals surface area contributed by atoms with Crippen molar-refractivity contribution in [1.29, 1.82) is 0 Å². The first-order chi connectivity index (χ1) is 7.11. The summed E-state index contributed by atoms with van der Waals surface area (Å²) in [6.07, 6.45) is -1.42. The molecule has 0 aromatic rings. The van der Waals surface area contributed by atoms with E-state index in [0.717, 1.165) is 0 Å². The van der Waals surface area contributed by atoms with Gasteiger partial charge in [-0.05, 0) is 13.8 Å². The van der Waals surface area contributed by atoms with Crippen LogP contribution in [0.15, 0.2) is 5.16 Å². The van der Waals surface area contributed by atoms with Crippen LogP contribution in [0, 0.1) is 0 Å². The number of ether oxygens (including phenoxy) is 4. The molecule has 3 aliphatic rings. The topological polar surface area (TPSA) is 69.5 Å². The van der Waals surface area contributed by atoms with Gasteiger partial charge in [0, 0.05) is 0 Å². The Morgan fingerprint density at radius 2 is 2.20 bits per heavy atom. The van der Waals surface area contributed by atoms with Crippen LogP contribution in [-0.4, -0.2) is 47.9 Å². The lowest BCUT2D eigenvalue weighted by Crippen LogP contribution is -2.49. The Kier molecular flexibility index (Phi) is 1.85. The van der Waals surface area contributed by atoms with E-state index in [1.807, 2.05) is 13.8 Å². The third-order valence-corrected chi connectivity index (χ3v) is 2.84. The smallest absolute Gasteiger partial charge is 0.187 e. The molecule has 0 aliphatic carbocycles. The van der Waals surface area contributed by atoms with Crippen LogP contribution in [0.2, 0.25) is 0 Å². The Hall–Kier alpha value is -0.690. The van der Waals surface area contributed by atoms with Crippen LogP contribution in [0.3, 0.4) is 0 Å². The van der Waals surface area contributed by atoms with Gasteiger partial charge >= 0.3 is 0 Å². The molecule has 0 amide bonds. The molecule has 4 atom stereocenters. The highest BCUT2D eigenvalue weighted by atomic mass is 16.8. The minimum absolute atomic E-state index is 0.307. The third kappa shape index (κ3) is 1.29. The zero-order chi connectivity index (χ0) is 10.6. The molecule has 1 N–H and O–H groups in total. The molecule has 0 aromatic carbocycles. The lowest BCUT2D eigenvalue weighted by Gasteiger charge is -2.27. The van der Waals surface area contributed by atoms with E-state index >= 15 is 0 Å². The summed E-state index contributed by atoms with van der Waals surface area (Å²) in [4.78, 5) is 0. The van der Waals surface area contributed by atoms with Crippen LogP contribution in [0.5, 0.6) is 0 Å². The van der Waals surface area contributed by atoms with E-state index in [0.29, 0.717) is 12.3 Å². The van der Waals surface area contributed by atoms with Gasteiger partial charge in [0.1, 0.15) is 24.0 Å². The van der Waals surface area contributed by atoms with Gasteiger partial charge in [-0.2, -0.15) is 0 Å². The molecule has 6 nitrogen and oxygen atoms in total. The monoisotopic (exact) mass is 215 g/mol. The van der Waals surface area contributed by atoms with Crippen molar-refractivity contribution < 1.29 is 24.2 Å². The number of fused-ring (bicyclic) bond motifs is 4. The van der Waals surface area contributed by atoms with E-state index in [1.165, 1.54) is 0 Å². The fourth-order valence-corrected chi connectivity index (χ4v) is 2.27. The van der Waals surface area contributed by atoms with E-state index in [2.05, 4.69) is 5.16 Å². The summed E-state index contributed by atoms with van der Waals surface area (Å²) in [5.41, 5.74) is 0.458. The summed E-state index contributed by atoms with van der Waals surface area (Å²) in [5, 5.41) is 12.2. The van der Waals surface area contributed by atoms with Gasteiger partial charge in [0.25, 0.3) is 0 Å². The predicted molar refractivity (Wildman–Crippen MR) is 47.7 cm³/mol. The molecule has 84 valence electrons. The lowest BCUT2D eigenvalue weighted by molar-refractivity contribution is -0.183. The van der Waals surface area contributed by atoms with Gasteiger partial charge in [-0.15, -0.1) is 0 Å². The van der Waals surface area contributed by atoms with Crippen molar-refractivity contribution in [3.05, 3.63) is 0 Å². The summed E-state index contributed by atoms with van der Waals surface area (Å²) in [6, 6.07) is 0. The quantitative estimate of drug-likeness (QED) is 0.458. The van der Waals surface area contributed by atoms with Crippen molar-refractivity contribution in [2.24, 2.45) is 5.16 Å². The van der Waals surface area contributed by atoms with Crippen LogP contribution in [0.4, 0.5) is 0 Å². The fraction of sp³-hybridized carbons (Fsp3) is 0.889. The van der Waals surface area contributed by atoms with Gasteiger partial charge in [0.2, 0.25) is 0 Å². The highest BCUT2D eigenvalue weighted by Gasteiger charge is 2.57. The first-order valence-electron chi connectivity index (χ1n) is 4.95. The zero-order valence-corrected chi connectivity index (χ0v) is 8.54. The highest BCUT2D eigenvalue weighted by Crippen LogP contribution is 2.39. The number of hydrogen-bond acceptors (Lipinski definition) is 6. The largest absolute Gasteiger partial charge is 0.411 e. The molecule has 15 heavy (non-hydrogen) atoms. The summed E-state index contributed by atoms with van der Waals surface area (Å²) in [6.45, 7) is 4.02. The molecule has 3 rings (SSSR count). The third-order valence-electron chi connectivity index (χ3n) is 2.84. The Balaban J connectivity index is 1.95. The molecule has 6 heteroatoms. The Morgan fingerprint density at radius 3 is 2.93 bits per heavy atom. The first kappa shape index (κ1) is 9.53. The van der Waals surface area contributed by atoms with Crippen LogP contribution in [0.25, 0.3) is 0 Å². The standard InChI is InChI=1S/C9H13NO5/c1-9(2)14-6-5(10-11)4-3-12-8(13-4)7(6)15-9/h4,6-8,11H,3H2,1-2H3/b10-5-. The Morgan fingerprint density at radius 1 is 1.40 bits per heavy atom. The number of nitrogens with zero attached hydrogens (tertiary/aromatic N) is 1. The second kappa shape index (κ2) is 2.91. The van der Waals surface area contributed by atoms with Gasteiger partial charge in [-0.3, -0.25) is 0 Å². The maximum absolute atomic E-state index is 8.95. The van der Waals surface area contributed by atoms with Crippen LogP contribution in [-0.2, 0) is 18.9 Å². The van der Waals surface area contributed by atoms with Gasteiger partial charge < -0.3 is 24.2 Å². The van der Waals surface area contributed by atoms with Crippen LogP contribution in [0.1, 0.15) is 13.8 Å². The molecule has 3 aliphatic heterocycles. The Labute approximate surface area is 86.7 Å². The van der Waals surface area contributed by atoms with Crippen LogP contribution >= 0.6 is 0 Å². The molecule has 0 saturated carbocycles. The molecular weight excluding hydrogens is 202 g/mol. The normalized spacial score (nSPS) is 49.6. The molecule has 0 spiro atoms. The molecule has 3 fully saturated rings. The second-order valence-corrected chi connectivity index (χ2v) is 4.37. The molecule has 0 radical (unpaired) electrons. The minimum atomic E-state index is -0.692. The summed E-state index contributed by atoms with van der Waals surface area (Å²) in [5.74, 6) is -0.692. The summed E-state index contributed by atoms with van der Waals surface area (Å²) in [7, 11) is 0. The molecule has 3 saturated heterocycles. The first-order valence-corrected chi connectivity index (χ1v) is 4.95. The van der Waals surface area contributed by atoms with Gasteiger partial charge in [0.05, 0.1) is 6.61 Å². The summed E-state index contributed by atoms with van der Waals surface area (Å²) < 4.78 is 22.2. The van der Waals surface area contributed by atoms with Crippen molar-refractivity contribution >= 4 is 5.71 Å². The maximum atomic E-state index is 8.95. The molecule has 2 bridgehead atoms. The summed E-state index contributed by atoms with van der Waals surface area (Å²) >= 11 is 0. The van der Waals surface area contributed by atoms with E-state index in [1.54, 1.807) is 0 Å².